The maximum atomic E-state index is 12.5. The molecule has 0 amide bonds. The van der Waals surface area contributed by atoms with E-state index in [1.165, 1.54) is 18.2 Å². The second-order valence-corrected chi connectivity index (χ2v) is 5.76. The SMILES string of the molecule is CC.COC1(CC(=O)c2ccc3ccccc3c2)CCCC1. The van der Waals surface area contributed by atoms with Crippen molar-refractivity contribution in [2.24, 2.45) is 0 Å². The van der Waals surface area contributed by atoms with Gasteiger partial charge in [0.25, 0.3) is 0 Å². The first-order chi connectivity index (χ1) is 10.7. The number of ether oxygens (including phenoxy) is 1. The second-order valence-electron chi connectivity index (χ2n) is 5.76. The van der Waals surface area contributed by atoms with Crippen molar-refractivity contribution in [3.63, 3.8) is 0 Å². The molecule has 0 N–H and O–H groups in total. The molecule has 0 spiro atoms. The van der Waals surface area contributed by atoms with Gasteiger partial charge in [0.05, 0.1) is 5.60 Å². The summed E-state index contributed by atoms with van der Waals surface area (Å²) in [6.07, 6.45) is 4.84. The Morgan fingerprint density at radius 2 is 1.68 bits per heavy atom. The Balaban J connectivity index is 0.000000847. The summed E-state index contributed by atoms with van der Waals surface area (Å²) < 4.78 is 5.66. The third-order valence-electron chi connectivity index (χ3n) is 4.50. The molecule has 0 unspecified atom stereocenters. The minimum atomic E-state index is -0.220. The van der Waals surface area contributed by atoms with E-state index in [1.54, 1.807) is 7.11 Å². The molecule has 0 aliphatic heterocycles. The lowest BCUT2D eigenvalue weighted by Gasteiger charge is -2.26. The lowest BCUT2D eigenvalue weighted by atomic mass is 9.91. The van der Waals surface area contributed by atoms with Gasteiger partial charge in [0, 0.05) is 19.1 Å². The van der Waals surface area contributed by atoms with Crippen LogP contribution in [0.25, 0.3) is 10.8 Å². The predicted molar refractivity (Wildman–Crippen MR) is 92.5 cm³/mol. The van der Waals surface area contributed by atoms with E-state index in [1.807, 2.05) is 50.2 Å². The largest absolute Gasteiger partial charge is 0.378 e. The number of hydrogen-bond acceptors (Lipinski definition) is 2. The minimum absolute atomic E-state index is 0.194. The Bertz CT molecular complexity index is 624. The average Bonchev–Trinajstić information content (AvgIpc) is 3.05. The molecule has 0 saturated heterocycles. The molecule has 2 heteroatoms. The normalized spacial score (nSPS) is 16.1. The molecule has 0 bridgehead atoms. The van der Waals surface area contributed by atoms with Crippen LogP contribution in [0.3, 0.4) is 0 Å². The highest BCUT2D eigenvalue weighted by molar-refractivity contribution is 6.00. The van der Waals surface area contributed by atoms with Gasteiger partial charge in [-0.05, 0) is 29.7 Å². The maximum absolute atomic E-state index is 12.5. The van der Waals surface area contributed by atoms with Gasteiger partial charge >= 0.3 is 0 Å². The number of rotatable bonds is 4. The third-order valence-corrected chi connectivity index (χ3v) is 4.50. The van der Waals surface area contributed by atoms with Crippen LogP contribution in [0.15, 0.2) is 42.5 Å². The van der Waals surface area contributed by atoms with Gasteiger partial charge < -0.3 is 4.74 Å². The summed E-state index contributed by atoms with van der Waals surface area (Å²) in [6, 6.07) is 14.1. The number of carbonyl (C=O) groups excluding carboxylic acids is 1. The van der Waals surface area contributed by atoms with Crippen LogP contribution < -0.4 is 0 Å². The van der Waals surface area contributed by atoms with Crippen LogP contribution in [0.5, 0.6) is 0 Å². The van der Waals surface area contributed by atoms with Crippen LogP contribution in [0, 0.1) is 0 Å². The minimum Gasteiger partial charge on any atom is -0.378 e. The highest BCUT2D eigenvalue weighted by atomic mass is 16.5. The summed E-state index contributed by atoms with van der Waals surface area (Å²) in [5.74, 6) is 0.194. The fourth-order valence-corrected chi connectivity index (χ4v) is 3.23. The van der Waals surface area contributed by atoms with Crippen molar-refractivity contribution in [2.45, 2.75) is 51.6 Å². The van der Waals surface area contributed by atoms with E-state index in [2.05, 4.69) is 6.07 Å². The fraction of sp³-hybridized carbons (Fsp3) is 0.450. The zero-order valence-corrected chi connectivity index (χ0v) is 13.9. The van der Waals surface area contributed by atoms with Gasteiger partial charge in [-0.15, -0.1) is 0 Å². The highest BCUT2D eigenvalue weighted by Crippen LogP contribution is 2.36. The molecule has 2 nitrogen and oxygen atoms in total. The van der Waals surface area contributed by atoms with Gasteiger partial charge in [-0.3, -0.25) is 4.79 Å². The lowest BCUT2D eigenvalue weighted by Crippen LogP contribution is -2.30. The van der Waals surface area contributed by atoms with E-state index in [9.17, 15) is 4.79 Å². The standard InChI is InChI=1S/C18H20O2.C2H6/c1-20-18(10-4-5-11-18)13-17(19)16-9-8-14-6-2-3-7-15(14)12-16;1-2/h2-3,6-9,12H,4-5,10-11,13H2,1H3;1-2H3. The van der Waals surface area contributed by atoms with E-state index in [-0.39, 0.29) is 11.4 Å². The molecular weight excluding hydrogens is 272 g/mol. The van der Waals surface area contributed by atoms with Gasteiger partial charge in [-0.2, -0.15) is 0 Å². The average molecular weight is 298 g/mol. The van der Waals surface area contributed by atoms with Gasteiger partial charge in [0.1, 0.15) is 0 Å². The molecule has 1 aliphatic rings. The fourth-order valence-electron chi connectivity index (χ4n) is 3.23. The number of fused-ring (bicyclic) bond motifs is 1. The maximum Gasteiger partial charge on any atom is 0.165 e. The molecule has 1 fully saturated rings. The van der Waals surface area contributed by atoms with Gasteiger partial charge in [0.2, 0.25) is 0 Å². The van der Waals surface area contributed by atoms with Gasteiger partial charge in [0.15, 0.2) is 5.78 Å². The number of carbonyl (C=O) groups is 1. The summed E-state index contributed by atoms with van der Waals surface area (Å²) in [5, 5.41) is 2.29. The van der Waals surface area contributed by atoms with Crippen LogP contribution in [0.1, 0.15) is 56.3 Å². The Morgan fingerprint density at radius 3 is 2.32 bits per heavy atom. The molecule has 118 valence electrons. The Hall–Kier alpha value is -1.67. The first kappa shape index (κ1) is 16.7. The number of methoxy groups -OCH3 is 1. The number of hydrogen-bond donors (Lipinski definition) is 0. The van der Waals surface area contributed by atoms with E-state index in [4.69, 9.17) is 4.74 Å². The molecule has 1 saturated carbocycles. The van der Waals surface area contributed by atoms with E-state index < -0.39 is 0 Å². The van der Waals surface area contributed by atoms with Gasteiger partial charge in [-0.25, -0.2) is 0 Å². The number of benzene rings is 2. The molecule has 2 aromatic rings. The predicted octanol–water partition coefficient (Wildman–Crippen LogP) is 5.40. The van der Waals surface area contributed by atoms with Crippen molar-refractivity contribution >= 4 is 16.6 Å². The summed E-state index contributed by atoms with van der Waals surface area (Å²) in [5.41, 5.74) is 0.579. The summed E-state index contributed by atoms with van der Waals surface area (Å²) in [6.45, 7) is 4.00. The van der Waals surface area contributed by atoms with E-state index >= 15 is 0 Å². The first-order valence-corrected chi connectivity index (χ1v) is 8.30. The first-order valence-electron chi connectivity index (χ1n) is 8.30. The molecule has 0 aromatic heterocycles. The van der Waals surface area contributed by atoms with Crippen molar-refractivity contribution < 1.29 is 9.53 Å². The molecular formula is C20H26O2. The van der Waals surface area contributed by atoms with Gasteiger partial charge in [-0.1, -0.05) is 63.1 Å². The number of Topliss-reactive ketones (excluding diaryl/α,β-unsaturated/α-hetero) is 1. The van der Waals surface area contributed by atoms with Crippen molar-refractivity contribution in [1.82, 2.24) is 0 Å². The summed E-state index contributed by atoms with van der Waals surface area (Å²) in [4.78, 5) is 12.5. The topological polar surface area (TPSA) is 26.3 Å². The van der Waals surface area contributed by atoms with Crippen molar-refractivity contribution in [2.75, 3.05) is 7.11 Å². The van der Waals surface area contributed by atoms with Crippen LogP contribution in [0.2, 0.25) is 0 Å². The lowest BCUT2D eigenvalue weighted by molar-refractivity contribution is -0.00696. The second kappa shape index (κ2) is 7.55. The summed E-state index contributed by atoms with van der Waals surface area (Å²) >= 11 is 0. The molecule has 0 radical (unpaired) electrons. The third kappa shape index (κ3) is 3.56. The van der Waals surface area contributed by atoms with Crippen molar-refractivity contribution in [3.05, 3.63) is 48.0 Å². The molecule has 0 atom stereocenters. The highest BCUT2D eigenvalue weighted by Gasteiger charge is 2.36. The summed E-state index contributed by atoms with van der Waals surface area (Å²) in [7, 11) is 1.74. The smallest absolute Gasteiger partial charge is 0.165 e. The zero-order chi connectivity index (χ0) is 16.0. The van der Waals surface area contributed by atoms with E-state index in [0.29, 0.717) is 6.42 Å². The van der Waals surface area contributed by atoms with Crippen LogP contribution in [-0.4, -0.2) is 18.5 Å². The molecule has 1 aliphatic carbocycles. The van der Waals surface area contributed by atoms with Crippen molar-refractivity contribution in [3.8, 4) is 0 Å². The molecule has 22 heavy (non-hydrogen) atoms. The Labute approximate surface area is 133 Å². The molecule has 2 aromatic carbocycles. The van der Waals surface area contributed by atoms with E-state index in [0.717, 1.165) is 23.8 Å². The monoisotopic (exact) mass is 298 g/mol. The van der Waals surface area contributed by atoms with Crippen LogP contribution in [-0.2, 0) is 4.74 Å². The van der Waals surface area contributed by atoms with Crippen molar-refractivity contribution in [1.29, 1.82) is 0 Å². The Morgan fingerprint density at radius 1 is 1.05 bits per heavy atom. The quantitative estimate of drug-likeness (QED) is 0.707. The Kier molecular flexibility index (Phi) is 5.73. The molecule has 3 rings (SSSR count). The number of ketones is 1. The van der Waals surface area contributed by atoms with Crippen LogP contribution in [0.4, 0.5) is 0 Å². The zero-order valence-electron chi connectivity index (χ0n) is 13.9. The molecule has 0 heterocycles. The van der Waals surface area contributed by atoms with Crippen LogP contribution >= 0.6 is 0 Å².